The van der Waals surface area contributed by atoms with Crippen LogP contribution < -0.4 is 4.13 Å². The highest BCUT2D eigenvalue weighted by molar-refractivity contribution is 8.04. The number of aliphatic hydroxyl groups is 1. The first kappa shape index (κ1) is 55.3. The number of halogens is 4. The molecule has 0 saturated carbocycles. The standard InChI is InChI=1S/C56H63F4NO7S3/c1-34(2)40-17-12-18-41(35(3)4)47(40)31-38-15-11-21-44(45-24-23-39(33-49(45)68-28-25-38)32-48-42(36(5)6)19-13-20-43(48)37(7)8)46-16-9-10-22-50(46)70(63,64)61-71(65,66)56-53(59)51(57)55(52(58)54(56)60)69-30-14-27-67-29-26-62/h9-13,15-22,24-25,28,31,33-37,39,61-62H,14,23,26-27,29-30,32H2,1-8H3/b15-11-,28-25?,38-31+,44-21-. The van der Waals surface area contributed by atoms with Gasteiger partial charge < -0.3 is 14.6 Å². The lowest BCUT2D eigenvalue weighted by molar-refractivity contribution is 0.0933. The van der Waals surface area contributed by atoms with Crippen molar-refractivity contribution < 1.29 is 49.0 Å². The summed E-state index contributed by atoms with van der Waals surface area (Å²) in [4.78, 5) is -3.86. The lowest BCUT2D eigenvalue weighted by Gasteiger charge is -2.27. The third-order valence-electron chi connectivity index (χ3n) is 12.3. The largest absolute Gasteiger partial charge is 0.465 e. The summed E-state index contributed by atoms with van der Waals surface area (Å²) >= 11 is 0.384. The topological polar surface area (TPSA) is 119 Å². The van der Waals surface area contributed by atoms with E-state index in [-0.39, 0.29) is 67.1 Å². The smallest absolute Gasteiger partial charge is 0.259 e. The number of fused-ring (bicyclic) bond motifs is 1. The maximum atomic E-state index is 15.6. The van der Waals surface area contributed by atoms with Crippen LogP contribution in [0.2, 0.25) is 0 Å². The number of aliphatic hydroxyl groups excluding tert-OH is 1. The van der Waals surface area contributed by atoms with Gasteiger partial charge in [0.25, 0.3) is 20.0 Å². The average Bonchev–Trinajstić information content (AvgIpc) is 3.31. The summed E-state index contributed by atoms with van der Waals surface area (Å²) in [7, 11) is -11.2. The van der Waals surface area contributed by atoms with E-state index >= 15 is 17.6 Å². The van der Waals surface area contributed by atoms with Crippen LogP contribution in [-0.4, -0.2) is 47.5 Å². The minimum Gasteiger partial charge on any atom is -0.465 e. The molecule has 380 valence electrons. The van der Waals surface area contributed by atoms with Crippen molar-refractivity contribution in [1.82, 2.24) is 4.13 Å². The number of sulfonamides is 2. The number of allylic oxidation sites excluding steroid dienone is 8. The number of hydrogen-bond donors (Lipinski definition) is 2. The molecule has 4 aromatic carbocycles. The number of nitrogens with one attached hydrogen (secondary N) is 1. The molecule has 71 heavy (non-hydrogen) atoms. The molecule has 15 heteroatoms. The minimum atomic E-state index is -5.85. The minimum absolute atomic E-state index is 0.00153. The van der Waals surface area contributed by atoms with E-state index in [4.69, 9.17) is 14.6 Å². The molecule has 1 atom stereocenters. The Labute approximate surface area is 421 Å². The van der Waals surface area contributed by atoms with E-state index in [0.717, 1.165) is 28.3 Å². The van der Waals surface area contributed by atoms with Crippen molar-refractivity contribution in [1.29, 1.82) is 0 Å². The van der Waals surface area contributed by atoms with Crippen LogP contribution in [0.25, 0.3) is 11.6 Å². The highest BCUT2D eigenvalue weighted by Crippen LogP contribution is 2.41. The Kier molecular flexibility index (Phi) is 18.8. The number of thioether (sulfide) groups is 1. The third kappa shape index (κ3) is 13.0. The van der Waals surface area contributed by atoms with E-state index in [2.05, 4.69) is 97.9 Å². The molecule has 2 aliphatic rings. The van der Waals surface area contributed by atoms with Crippen molar-refractivity contribution >= 4 is 43.5 Å². The van der Waals surface area contributed by atoms with Gasteiger partial charge in [-0.1, -0.05) is 134 Å². The maximum absolute atomic E-state index is 15.6. The van der Waals surface area contributed by atoms with Gasteiger partial charge in [0.2, 0.25) is 0 Å². The summed E-state index contributed by atoms with van der Waals surface area (Å²) < 4.78 is 131. The zero-order valence-corrected chi connectivity index (χ0v) is 43.8. The maximum Gasteiger partial charge on any atom is 0.259 e. The molecule has 1 unspecified atom stereocenters. The number of ether oxygens (including phenoxy) is 2. The fourth-order valence-corrected chi connectivity index (χ4v) is 13.0. The lowest BCUT2D eigenvalue weighted by atomic mass is 9.80. The highest BCUT2D eigenvalue weighted by atomic mass is 32.3. The Bertz CT molecular complexity index is 2940. The fourth-order valence-electron chi connectivity index (χ4n) is 8.90. The van der Waals surface area contributed by atoms with Gasteiger partial charge in [0.15, 0.2) is 28.2 Å². The zero-order valence-electron chi connectivity index (χ0n) is 41.4. The quantitative estimate of drug-likeness (QED) is 0.0413. The van der Waals surface area contributed by atoms with Gasteiger partial charge in [-0.15, -0.1) is 15.9 Å². The van der Waals surface area contributed by atoms with Crippen LogP contribution >= 0.6 is 11.8 Å². The summed E-state index contributed by atoms with van der Waals surface area (Å²) in [6.07, 6.45) is 16.2. The number of benzene rings is 4. The second-order valence-corrected chi connectivity index (χ2v) is 23.4. The van der Waals surface area contributed by atoms with Gasteiger partial charge in [-0.05, 0) is 118 Å². The van der Waals surface area contributed by atoms with Gasteiger partial charge in [-0.25, -0.2) is 34.4 Å². The monoisotopic (exact) mass is 1030 g/mol. The molecule has 0 saturated heterocycles. The number of rotatable bonds is 19. The third-order valence-corrected chi connectivity index (χ3v) is 17.0. The molecule has 0 spiro atoms. The molecule has 2 N–H and O–H groups in total. The molecule has 0 amide bonds. The van der Waals surface area contributed by atoms with Gasteiger partial charge in [0, 0.05) is 23.5 Å². The molecule has 1 aliphatic carbocycles. The van der Waals surface area contributed by atoms with Crippen LogP contribution in [-0.2, 0) is 35.9 Å². The van der Waals surface area contributed by atoms with Crippen LogP contribution in [0.15, 0.2) is 135 Å². The Hall–Kier alpha value is -5.03. The second-order valence-electron chi connectivity index (χ2n) is 18.8. The molecule has 4 aromatic rings. The van der Waals surface area contributed by atoms with E-state index in [0.29, 0.717) is 41.5 Å². The van der Waals surface area contributed by atoms with Crippen molar-refractivity contribution in [3.63, 3.8) is 0 Å². The summed E-state index contributed by atoms with van der Waals surface area (Å²) in [5.41, 5.74) is 8.70. The summed E-state index contributed by atoms with van der Waals surface area (Å²) in [6, 6.07) is 18.2. The molecule has 0 radical (unpaired) electrons. The Morgan fingerprint density at radius 3 is 1.93 bits per heavy atom. The predicted octanol–water partition coefficient (Wildman–Crippen LogP) is 13.5. The summed E-state index contributed by atoms with van der Waals surface area (Å²) in [6.45, 7) is 17.0. The van der Waals surface area contributed by atoms with E-state index in [1.807, 2.05) is 24.3 Å². The van der Waals surface area contributed by atoms with Gasteiger partial charge in [0.05, 0.1) is 29.3 Å². The highest BCUT2D eigenvalue weighted by Gasteiger charge is 2.37. The molecular weight excluding hydrogens is 971 g/mol. The first-order chi connectivity index (χ1) is 33.7. The van der Waals surface area contributed by atoms with Crippen LogP contribution in [0, 0.1) is 29.2 Å². The fraction of sp³-hybridized carbons (Fsp3) is 0.357. The molecule has 0 bridgehead atoms. The van der Waals surface area contributed by atoms with Gasteiger partial charge in [-0.2, -0.15) is 0 Å². The molecule has 0 fully saturated rings. The Morgan fingerprint density at radius 1 is 0.746 bits per heavy atom. The van der Waals surface area contributed by atoms with Gasteiger partial charge in [0.1, 0.15) is 5.76 Å². The average molecular weight is 1030 g/mol. The van der Waals surface area contributed by atoms with Crippen molar-refractivity contribution in [3.8, 4) is 0 Å². The molecule has 1 aliphatic heterocycles. The first-order valence-corrected chi connectivity index (χ1v) is 27.8. The van der Waals surface area contributed by atoms with Crippen LogP contribution in [0.5, 0.6) is 0 Å². The van der Waals surface area contributed by atoms with E-state index < -0.39 is 58.0 Å². The van der Waals surface area contributed by atoms with E-state index in [1.54, 1.807) is 24.5 Å². The van der Waals surface area contributed by atoms with Crippen LogP contribution in [0.3, 0.4) is 0 Å². The summed E-state index contributed by atoms with van der Waals surface area (Å²) in [5, 5.41) is 8.86. The Balaban J connectivity index is 1.46. The predicted molar refractivity (Wildman–Crippen MR) is 276 cm³/mol. The van der Waals surface area contributed by atoms with Crippen LogP contribution in [0.4, 0.5) is 17.6 Å². The SMILES string of the molecule is CC(C)c1cccc(C(C)C)c1\C=C1C=COC2=CC(Cc3c(C(C)C)cccc3C(C)C)CC=C2/C(c2ccccc2S(=O)(=O)NS(=O)(=O)c2c(F)c(F)c(SCCCOCCO)c(F)c2F)=C/C=C\1. The molecule has 8 nitrogen and oxygen atoms in total. The van der Waals surface area contributed by atoms with Crippen molar-refractivity contribution in [2.45, 2.75) is 113 Å². The molecule has 6 rings (SSSR count). The van der Waals surface area contributed by atoms with Crippen molar-refractivity contribution in [3.05, 3.63) is 183 Å². The second kappa shape index (κ2) is 24.1. The molecule has 1 heterocycles. The van der Waals surface area contributed by atoms with Gasteiger partial charge in [-0.3, -0.25) is 0 Å². The van der Waals surface area contributed by atoms with Gasteiger partial charge >= 0.3 is 0 Å². The van der Waals surface area contributed by atoms with E-state index in [1.165, 1.54) is 33.0 Å². The molecule has 0 aromatic heterocycles. The van der Waals surface area contributed by atoms with Crippen molar-refractivity contribution in [2.75, 3.05) is 25.6 Å². The van der Waals surface area contributed by atoms with Crippen molar-refractivity contribution in [2.24, 2.45) is 5.92 Å². The first-order valence-electron chi connectivity index (χ1n) is 23.8. The van der Waals surface area contributed by atoms with Crippen LogP contribution in [0.1, 0.15) is 131 Å². The lowest BCUT2D eigenvalue weighted by Crippen LogP contribution is -2.33. The number of hydrogen-bond acceptors (Lipinski definition) is 8. The normalized spacial score (nSPS) is 17.3. The molecular formula is C56H63F4NO7S3. The zero-order chi connectivity index (χ0) is 51.8. The van der Waals surface area contributed by atoms with E-state index in [9.17, 15) is 16.8 Å². The Morgan fingerprint density at radius 2 is 1.34 bits per heavy atom. The summed E-state index contributed by atoms with van der Waals surface area (Å²) in [5.74, 6) is -7.36.